The number of thiazole rings is 1. The topological polar surface area (TPSA) is 123 Å². The summed E-state index contributed by atoms with van der Waals surface area (Å²) in [5.74, 6) is -0.105. The van der Waals surface area contributed by atoms with Gasteiger partial charge in [0.1, 0.15) is 11.2 Å². The molecule has 2 aromatic heterocycles. The molecule has 1 saturated heterocycles. The van der Waals surface area contributed by atoms with Gasteiger partial charge < -0.3 is 19.7 Å². The highest BCUT2D eigenvalue weighted by Gasteiger charge is 2.42. The first-order valence-electron chi connectivity index (χ1n) is 14.9. The Balaban J connectivity index is 1.36. The highest BCUT2D eigenvalue weighted by atomic mass is 32.1. The van der Waals surface area contributed by atoms with Crippen molar-refractivity contribution in [3.8, 4) is 0 Å². The molecule has 1 aromatic carbocycles. The van der Waals surface area contributed by atoms with E-state index in [0.29, 0.717) is 22.9 Å². The van der Waals surface area contributed by atoms with Crippen LogP contribution in [0, 0.1) is 0 Å². The number of nitrogens with zero attached hydrogens (tertiary/aromatic N) is 3. The van der Waals surface area contributed by atoms with Crippen molar-refractivity contribution >= 4 is 40.2 Å². The molecule has 3 heterocycles. The Morgan fingerprint density at radius 1 is 1.00 bits per heavy atom. The first-order chi connectivity index (χ1) is 20.7. The van der Waals surface area contributed by atoms with Crippen LogP contribution in [0.4, 0.5) is 20.4 Å². The average Bonchev–Trinajstić information content (AvgIpc) is 3.54. The summed E-state index contributed by atoms with van der Waals surface area (Å²) in [5, 5.41) is 7.61. The van der Waals surface area contributed by atoms with E-state index in [2.05, 4.69) is 33.6 Å². The molecule has 0 aliphatic carbocycles. The molecule has 1 fully saturated rings. The minimum Gasteiger partial charge on any atom is -0.444 e. The van der Waals surface area contributed by atoms with Crippen LogP contribution in [-0.4, -0.2) is 56.2 Å². The minimum atomic E-state index is -0.616. The van der Waals surface area contributed by atoms with Gasteiger partial charge in [-0.15, -0.1) is 11.3 Å². The lowest BCUT2D eigenvalue weighted by molar-refractivity contribution is -0.115. The van der Waals surface area contributed by atoms with Crippen molar-refractivity contribution in [2.24, 2.45) is 0 Å². The van der Waals surface area contributed by atoms with Gasteiger partial charge in [-0.2, -0.15) is 0 Å². The van der Waals surface area contributed by atoms with Crippen LogP contribution in [0.1, 0.15) is 84.0 Å². The van der Waals surface area contributed by atoms with Crippen LogP contribution in [0.25, 0.3) is 0 Å². The summed E-state index contributed by atoms with van der Waals surface area (Å²) < 4.78 is 11.1. The van der Waals surface area contributed by atoms with E-state index in [0.717, 1.165) is 24.0 Å². The van der Waals surface area contributed by atoms with Gasteiger partial charge in [-0.25, -0.2) is 14.6 Å². The molecule has 44 heavy (non-hydrogen) atoms. The number of aromatic nitrogens is 2. The van der Waals surface area contributed by atoms with Crippen LogP contribution in [0.2, 0.25) is 0 Å². The molecule has 3 atom stereocenters. The van der Waals surface area contributed by atoms with E-state index in [9.17, 15) is 14.4 Å². The molecule has 10 nitrogen and oxygen atoms in total. The molecule has 0 saturated carbocycles. The lowest BCUT2D eigenvalue weighted by Gasteiger charge is -2.35. The highest BCUT2D eigenvalue weighted by molar-refractivity contribution is 7.13. The van der Waals surface area contributed by atoms with Gasteiger partial charge in [0, 0.05) is 41.5 Å². The standard InChI is InChI=1S/C33H43N5O5S/c1-21(23-9-8-16-34-19-23)27-15-14-26(38(27)31(41)43-33(5,6)7)17-22-10-12-24(13-11-22)35-28(39)18-25-20-44-29(36-25)37-30(40)42-32(2,3)4/h8-13,16,19-21,26-27H,14-15,17-18H2,1-7H3,(H,35,39)(H,36,37,40)/t21-,26+,27-/m1/s1. The molecule has 0 radical (unpaired) electrons. The van der Waals surface area contributed by atoms with Gasteiger partial charge >= 0.3 is 12.2 Å². The highest BCUT2D eigenvalue weighted by Crippen LogP contribution is 2.36. The van der Waals surface area contributed by atoms with Gasteiger partial charge in [0.2, 0.25) is 5.91 Å². The van der Waals surface area contributed by atoms with Crippen LogP contribution in [0.15, 0.2) is 54.2 Å². The lowest BCUT2D eigenvalue weighted by Crippen LogP contribution is -2.46. The molecular weight excluding hydrogens is 578 g/mol. The van der Waals surface area contributed by atoms with Crippen molar-refractivity contribution in [2.45, 2.75) is 103 Å². The summed E-state index contributed by atoms with van der Waals surface area (Å²) in [4.78, 5) is 48.6. The van der Waals surface area contributed by atoms with Crippen LogP contribution < -0.4 is 10.6 Å². The molecule has 11 heteroatoms. The quantitative estimate of drug-likeness (QED) is 0.273. The minimum absolute atomic E-state index is 0.00294. The third-order valence-electron chi connectivity index (χ3n) is 7.15. The van der Waals surface area contributed by atoms with Crippen molar-refractivity contribution in [2.75, 3.05) is 10.6 Å². The lowest BCUT2D eigenvalue weighted by atomic mass is 9.93. The van der Waals surface area contributed by atoms with Crippen molar-refractivity contribution in [3.63, 3.8) is 0 Å². The molecule has 2 N–H and O–H groups in total. The molecule has 0 bridgehead atoms. The van der Waals surface area contributed by atoms with Crippen molar-refractivity contribution in [1.29, 1.82) is 0 Å². The van der Waals surface area contributed by atoms with Crippen LogP contribution in [0.5, 0.6) is 0 Å². The summed E-state index contributed by atoms with van der Waals surface area (Å²) in [6.45, 7) is 13.1. The van der Waals surface area contributed by atoms with Gasteiger partial charge in [0.05, 0.1) is 12.1 Å². The molecule has 3 amide bonds. The number of carbonyl (C=O) groups is 3. The fraction of sp³-hybridized carbons (Fsp3) is 0.485. The monoisotopic (exact) mass is 621 g/mol. The molecular formula is C33H43N5O5S. The summed E-state index contributed by atoms with van der Waals surface area (Å²) in [6.07, 6.45) is 5.22. The normalized spacial score (nSPS) is 17.6. The predicted octanol–water partition coefficient (Wildman–Crippen LogP) is 7.18. The van der Waals surface area contributed by atoms with E-state index >= 15 is 0 Å². The first kappa shape index (κ1) is 32.9. The molecule has 1 aliphatic rings. The predicted molar refractivity (Wildman–Crippen MR) is 172 cm³/mol. The number of carbonyl (C=O) groups excluding carboxylic acids is 3. The molecule has 3 aromatic rings. The second-order valence-corrected chi connectivity index (χ2v) is 14.0. The van der Waals surface area contributed by atoms with Crippen LogP contribution in [0.3, 0.4) is 0 Å². The number of likely N-dealkylation sites (tertiary alicyclic amines) is 1. The molecule has 0 spiro atoms. The number of benzene rings is 1. The van der Waals surface area contributed by atoms with Gasteiger partial charge in [0.25, 0.3) is 0 Å². The third-order valence-corrected chi connectivity index (χ3v) is 7.95. The van der Waals surface area contributed by atoms with Crippen LogP contribution in [-0.2, 0) is 27.1 Å². The van der Waals surface area contributed by atoms with Gasteiger partial charge in [-0.3, -0.25) is 15.1 Å². The number of ether oxygens (including phenoxy) is 2. The number of amides is 3. The fourth-order valence-corrected chi connectivity index (χ4v) is 5.97. The van der Waals surface area contributed by atoms with E-state index < -0.39 is 17.3 Å². The van der Waals surface area contributed by atoms with E-state index in [1.807, 2.05) is 62.2 Å². The van der Waals surface area contributed by atoms with E-state index in [4.69, 9.17) is 9.47 Å². The van der Waals surface area contributed by atoms with Crippen molar-refractivity contribution in [1.82, 2.24) is 14.9 Å². The maximum Gasteiger partial charge on any atom is 0.413 e. The van der Waals surface area contributed by atoms with E-state index in [1.165, 1.54) is 11.3 Å². The van der Waals surface area contributed by atoms with Gasteiger partial charge in [-0.1, -0.05) is 25.1 Å². The van der Waals surface area contributed by atoms with Gasteiger partial charge in [-0.05, 0) is 90.1 Å². The SMILES string of the molecule is C[C@H](c1cccnc1)[C@H]1CC[C@@H](Cc2ccc(NC(=O)Cc3csc(NC(=O)OC(C)(C)C)n3)cc2)N1C(=O)OC(C)(C)C. The molecule has 1 aliphatic heterocycles. The summed E-state index contributed by atoms with van der Waals surface area (Å²) >= 11 is 1.23. The molecule has 236 valence electrons. The Morgan fingerprint density at radius 3 is 2.34 bits per heavy atom. The fourth-order valence-electron chi connectivity index (χ4n) is 5.27. The van der Waals surface area contributed by atoms with Crippen molar-refractivity contribution in [3.05, 3.63) is 71.0 Å². The van der Waals surface area contributed by atoms with Crippen molar-refractivity contribution < 1.29 is 23.9 Å². The van der Waals surface area contributed by atoms with E-state index in [1.54, 1.807) is 32.3 Å². The summed E-state index contributed by atoms with van der Waals surface area (Å²) in [6, 6.07) is 11.7. The Morgan fingerprint density at radius 2 is 1.70 bits per heavy atom. The Labute approximate surface area is 263 Å². The summed E-state index contributed by atoms with van der Waals surface area (Å²) in [5.41, 5.74) is 2.16. The second-order valence-electron chi connectivity index (χ2n) is 13.2. The number of pyridine rings is 1. The number of hydrogen-bond acceptors (Lipinski definition) is 8. The Bertz CT molecular complexity index is 1430. The summed E-state index contributed by atoms with van der Waals surface area (Å²) in [7, 11) is 0. The maximum absolute atomic E-state index is 13.5. The molecule has 0 unspecified atom stereocenters. The maximum atomic E-state index is 13.5. The zero-order valence-electron chi connectivity index (χ0n) is 26.5. The zero-order valence-corrected chi connectivity index (χ0v) is 27.4. The number of nitrogens with one attached hydrogen (secondary N) is 2. The number of anilines is 2. The zero-order chi connectivity index (χ0) is 32.1. The Kier molecular flexibility index (Phi) is 10.3. The number of hydrogen-bond donors (Lipinski definition) is 2. The van der Waals surface area contributed by atoms with E-state index in [-0.39, 0.29) is 36.4 Å². The number of rotatable bonds is 8. The average molecular weight is 622 g/mol. The third kappa shape index (κ3) is 9.51. The van der Waals surface area contributed by atoms with Crippen LogP contribution >= 0.6 is 11.3 Å². The first-order valence-corrected chi connectivity index (χ1v) is 15.8. The smallest absolute Gasteiger partial charge is 0.413 e. The van der Waals surface area contributed by atoms with Gasteiger partial charge in [0.15, 0.2) is 5.13 Å². The Hall–Kier alpha value is -3.99. The second kappa shape index (κ2) is 13.8. The largest absolute Gasteiger partial charge is 0.444 e. The molecule has 4 rings (SSSR count).